The summed E-state index contributed by atoms with van der Waals surface area (Å²) in [7, 11) is -0.879. The predicted molar refractivity (Wildman–Crippen MR) is 77.8 cm³/mol. The van der Waals surface area contributed by atoms with Gasteiger partial charge in [-0.05, 0) is 26.0 Å². The summed E-state index contributed by atoms with van der Waals surface area (Å²) in [5.41, 5.74) is 8.25. The van der Waals surface area contributed by atoms with Crippen LogP contribution in [0.2, 0.25) is 0 Å². The van der Waals surface area contributed by atoms with Crippen LogP contribution in [0.1, 0.15) is 23.6 Å². The summed E-state index contributed by atoms with van der Waals surface area (Å²) in [5, 5.41) is 0. The third kappa shape index (κ3) is 3.35. The molecule has 0 saturated carbocycles. The van der Waals surface area contributed by atoms with Crippen molar-refractivity contribution in [1.29, 1.82) is 0 Å². The van der Waals surface area contributed by atoms with Crippen LogP contribution in [0.4, 0.5) is 0 Å². The van der Waals surface area contributed by atoms with E-state index in [1.807, 2.05) is 7.05 Å². The first-order valence-electron chi connectivity index (χ1n) is 6.62. The van der Waals surface area contributed by atoms with Crippen LogP contribution in [0.5, 0.6) is 0 Å². The number of nitrogens with zero attached hydrogens (tertiary/aromatic N) is 1. The van der Waals surface area contributed by atoms with Gasteiger partial charge in [0, 0.05) is 18.6 Å². The number of sulfone groups is 1. The van der Waals surface area contributed by atoms with Crippen LogP contribution >= 0.6 is 0 Å². The average Bonchev–Trinajstić information content (AvgIpc) is 2.73. The second kappa shape index (κ2) is 5.61. The van der Waals surface area contributed by atoms with Crippen LogP contribution in [0.15, 0.2) is 24.3 Å². The van der Waals surface area contributed by atoms with Gasteiger partial charge in [-0.25, -0.2) is 8.42 Å². The van der Waals surface area contributed by atoms with Gasteiger partial charge >= 0.3 is 0 Å². The number of nitrogens with two attached hydrogens (primary N) is 1. The Bertz CT molecular complexity index is 525. The zero-order valence-corrected chi connectivity index (χ0v) is 12.4. The molecule has 5 heteroatoms. The Morgan fingerprint density at radius 3 is 2.47 bits per heavy atom. The molecule has 1 saturated heterocycles. The number of benzene rings is 1. The minimum atomic E-state index is -2.85. The smallest absolute Gasteiger partial charge is 0.151 e. The molecule has 1 aliphatic heterocycles. The molecular weight excluding hydrogens is 260 g/mol. The van der Waals surface area contributed by atoms with E-state index in [2.05, 4.69) is 36.1 Å². The van der Waals surface area contributed by atoms with Crippen molar-refractivity contribution >= 4 is 9.84 Å². The Kier molecular flexibility index (Phi) is 4.28. The fourth-order valence-electron chi connectivity index (χ4n) is 2.68. The molecular formula is C14H22N2O2S. The molecule has 2 N–H and O–H groups in total. The molecule has 1 aliphatic rings. The van der Waals surface area contributed by atoms with E-state index in [9.17, 15) is 8.42 Å². The third-order valence-corrected chi connectivity index (χ3v) is 5.71. The lowest BCUT2D eigenvalue weighted by atomic mass is 10.0. The number of hydrogen-bond donors (Lipinski definition) is 1. The molecule has 0 aliphatic carbocycles. The van der Waals surface area contributed by atoms with Gasteiger partial charge in [0.05, 0.1) is 11.5 Å². The van der Waals surface area contributed by atoms with Gasteiger partial charge in [0.1, 0.15) is 0 Å². The molecule has 0 amide bonds. The quantitative estimate of drug-likeness (QED) is 0.898. The summed E-state index contributed by atoms with van der Waals surface area (Å²) in [6.45, 7) is 2.55. The normalized spacial score (nSPS) is 23.7. The summed E-state index contributed by atoms with van der Waals surface area (Å²) >= 11 is 0. The highest BCUT2D eigenvalue weighted by Crippen LogP contribution is 2.26. The minimum absolute atomic E-state index is 0.0823. The van der Waals surface area contributed by atoms with E-state index >= 15 is 0 Å². The van der Waals surface area contributed by atoms with Crippen molar-refractivity contribution in [3.8, 4) is 0 Å². The van der Waals surface area contributed by atoms with E-state index in [0.717, 1.165) is 5.56 Å². The maximum atomic E-state index is 11.6. The molecule has 0 bridgehead atoms. The SMILES string of the molecule is Cc1ccc(C(CN)N(C)C2CCS(=O)(=O)C2)cc1. The molecule has 1 aromatic carbocycles. The fourth-order valence-corrected chi connectivity index (χ4v) is 4.46. The highest BCUT2D eigenvalue weighted by atomic mass is 32.2. The molecule has 0 aromatic heterocycles. The van der Waals surface area contributed by atoms with E-state index < -0.39 is 9.84 Å². The molecule has 1 aromatic rings. The summed E-state index contributed by atoms with van der Waals surface area (Å²) in [6, 6.07) is 8.45. The van der Waals surface area contributed by atoms with Crippen LogP contribution in [0, 0.1) is 6.92 Å². The molecule has 2 atom stereocenters. The van der Waals surface area contributed by atoms with E-state index in [4.69, 9.17) is 5.73 Å². The molecule has 106 valence electrons. The van der Waals surface area contributed by atoms with Crippen molar-refractivity contribution in [2.45, 2.75) is 25.4 Å². The Morgan fingerprint density at radius 2 is 2.00 bits per heavy atom. The van der Waals surface area contributed by atoms with Gasteiger partial charge < -0.3 is 5.73 Å². The lowest BCUT2D eigenvalue weighted by Gasteiger charge is -2.32. The van der Waals surface area contributed by atoms with Crippen molar-refractivity contribution in [3.05, 3.63) is 35.4 Å². The van der Waals surface area contributed by atoms with Gasteiger partial charge in [-0.1, -0.05) is 29.8 Å². The maximum absolute atomic E-state index is 11.6. The number of hydrogen-bond acceptors (Lipinski definition) is 4. The Labute approximate surface area is 115 Å². The van der Waals surface area contributed by atoms with Gasteiger partial charge in [0.25, 0.3) is 0 Å². The molecule has 2 rings (SSSR count). The van der Waals surface area contributed by atoms with Crippen molar-refractivity contribution in [2.75, 3.05) is 25.1 Å². The topological polar surface area (TPSA) is 63.4 Å². The predicted octanol–water partition coefficient (Wildman–Crippen LogP) is 1.11. The van der Waals surface area contributed by atoms with Gasteiger partial charge in [0.15, 0.2) is 9.84 Å². The first-order chi connectivity index (χ1) is 8.93. The first kappa shape index (κ1) is 14.5. The molecule has 1 fully saturated rings. The second-order valence-electron chi connectivity index (χ2n) is 5.38. The third-order valence-electron chi connectivity index (χ3n) is 3.96. The van der Waals surface area contributed by atoms with E-state index in [1.54, 1.807) is 0 Å². The monoisotopic (exact) mass is 282 g/mol. The zero-order valence-electron chi connectivity index (χ0n) is 11.5. The summed E-state index contributed by atoms with van der Waals surface area (Å²) in [5.74, 6) is 0.555. The molecule has 0 spiro atoms. The van der Waals surface area contributed by atoms with Crippen molar-refractivity contribution < 1.29 is 8.42 Å². The van der Waals surface area contributed by atoms with Crippen LogP contribution in [-0.4, -0.2) is 44.5 Å². The summed E-state index contributed by atoms with van der Waals surface area (Å²) in [6.07, 6.45) is 0.710. The number of likely N-dealkylation sites (N-methyl/N-ethyl adjacent to an activating group) is 1. The Morgan fingerprint density at radius 1 is 1.37 bits per heavy atom. The lowest BCUT2D eigenvalue weighted by molar-refractivity contribution is 0.192. The summed E-state index contributed by atoms with van der Waals surface area (Å²) < 4.78 is 23.2. The summed E-state index contributed by atoms with van der Waals surface area (Å²) in [4.78, 5) is 2.12. The Balaban J connectivity index is 2.15. The average molecular weight is 282 g/mol. The minimum Gasteiger partial charge on any atom is -0.329 e. The van der Waals surface area contributed by atoms with Gasteiger partial charge in [-0.15, -0.1) is 0 Å². The largest absolute Gasteiger partial charge is 0.329 e. The van der Waals surface area contributed by atoms with Crippen molar-refractivity contribution in [3.63, 3.8) is 0 Å². The standard InChI is InChI=1S/C14H22N2O2S/c1-11-3-5-12(6-4-11)14(9-15)16(2)13-7-8-19(17,18)10-13/h3-6,13-14H,7-10,15H2,1-2H3. The van der Waals surface area contributed by atoms with E-state index in [-0.39, 0.29) is 17.8 Å². The van der Waals surface area contributed by atoms with Crippen LogP contribution in [0.3, 0.4) is 0 Å². The molecule has 0 radical (unpaired) electrons. The first-order valence-corrected chi connectivity index (χ1v) is 8.44. The molecule has 2 unspecified atom stereocenters. The maximum Gasteiger partial charge on any atom is 0.151 e. The highest BCUT2D eigenvalue weighted by Gasteiger charge is 2.33. The van der Waals surface area contributed by atoms with Crippen LogP contribution in [-0.2, 0) is 9.84 Å². The highest BCUT2D eigenvalue weighted by molar-refractivity contribution is 7.91. The zero-order chi connectivity index (χ0) is 14.0. The van der Waals surface area contributed by atoms with Gasteiger partial charge in [-0.3, -0.25) is 4.90 Å². The molecule has 1 heterocycles. The van der Waals surface area contributed by atoms with E-state index in [1.165, 1.54) is 5.56 Å². The number of aryl methyl sites for hydroxylation is 1. The molecule has 4 nitrogen and oxygen atoms in total. The van der Waals surface area contributed by atoms with Crippen LogP contribution in [0.25, 0.3) is 0 Å². The van der Waals surface area contributed by atoms with Crippen molar-refractivity contribution in [2.24, 2.45) is 5.73 Å². The fraction of sp³-hybridized carbons (Fsp3) is 0.571. The van der Waals surface area contributed by atoms with Crippen molar-refractivity contribution in [1.82, 2.24) is 4.90 Å². The lowest BCUT2D eigenvalue weighted by Crippen LogP contribution is -2.39. The van der Waals surface area contributed by atoms with Crippen LogP contribution < -0.4 is 5.73 Å². The number of rotatable bonds is 4. The van der Waals surface area contributed by atoms with Gasteiger partial charge in [0.2, 0.25) is 0 Å². The van der Waals surface area contributed by atoms with Gasteiger partial charge in [-0.2, -0.15) is 0 Å². The van der Waals surface area contributed by atoms with E-state index in [0.29, 0.717) is 18.7 Å². The second-order valence-corrected chi connectivity index (χ2v) is 7.61. The Hall–Kier alpha value is -0.910. The molecule has 19 heavy (non-hydrogen) atoms.